The summed E-state index contributed by atoms with van der Waals surface area (Å²) in [6.45, 7) is 0.653. The molecule has 9 heteroatoms. The molecule has 5 aromatic rings. The molecular formula is C19H16N8O. The standard InChI is InChI=1S/C19H16N8O/c20-17-24-18(25-19-23-16(26-27(17)19)15-4-2-10-28-15)22-9-7-12-5-6-14-13(11-12)3-1-8-21-14/h1-6,8,10-11H,7,9H2,(H3,20,22,23,24,25,26). The van der Waals surface area contributed by atoms with Gasteiger partial charge in [-0.1, -0.05) is 12.1 Å². The lowest BCUT2D eigenvalue weighted by molar-refractivity contribution is 0.577. The predicted molar refractivity (Wildman–Crippen MR) is 105 cm³/mol. The summed E-state index contributed by atoms with van der Waals surface area (Å²) in [5, 5.41) is 8.60. The van der Waals surface area contributed by atoms with Gasteiger partial charge in [-0.2, -0.15) is 19.5 Å². The van der Waals surface area contributed by atoms with Crippen molar-refractivity contribution < 1.29 is 4.42 Å². The highest BCUT2D eigenvalue weighted by atomic mass is 16.3. The summed E-state index contributed by atoms with van der Waals surface area (Å²) >= 11 is 0. The van der Waals surface area contributed by atoms with E-state index in [0.717, 1.165) is 17.3 Å². The molecule has 4 heterocycles. The van der Waals surface area contributed by atoms with E-state index in [1.807, 2.05) is 12.1 Å². The monoisotopic (exact) mass is 372 g/mol. The number of hydrogen-bond donors (Lipinski definition) is 2. The van der Waals surface area contributed by atoms with Gasteiger partial charge in [-0.05, 0) is 42.3 Å². The molecule has 0 bridgehead atoms. The van der Waals surface area contributed by atoms with Crippen molar-refractivity contribution in [3.05, 3.63) is 60.5 Å². The molecule has 0 unspecified atom stereocenters. The Labute approximate surface area is 159 Å². The maximum absolute atomic E-state index is 6.00. The molecule has 138 valence electrons. The van der Waals surface area contributed by atoms with Gasteiger partial charge in [-0.3, -0.25) is 4.98 Å². The minimum atomic E-state index is 0.203. The van der Waals surface area contributed by atoms with E-state index in [2.05, 4.69) is 48.6 Å². The number of nitrogens with two attached hydrogens (primary N) is 1. The summed E-state index contributed by atoms with van der Waals surface area (Å²) in [6, 6.07) is 13.8. The summed E-state index contributed by atoms with van der Waals surface area (Å²) in [5.74, 6) is 1.93. The first-order chi connectivity index (χ1) is 13.8. The van der Waals surface area contributed by atoms with Crippen LogP contribution in [-0.2, 0) is 6.42 Å². The quantitative estimate of drug-likeness (QED) is 0.483. The number of nitrogens with zero attached hydrogens (tertiary/aromatic N) is 6. The van der Waals surface area contributed by atoms with Gasteiger partial charge in [0.2, 0.25) is 17.7 Å². The fraction of sp³-hybridized carbons (Fsp3) is 0.105. The van der Waals surface area contributed by atoms with Crippen LogP contribution in [0.4, 0.5) is 11.9 Å². The molecule has 3 N–H and O–H groups in total. The molecule has 28 heavy (non-hydrogen) atoms. The summed E-state index contributed by atoms with van der Waals surface area (Å²) in [4.78, 5) is 17.3. The largest absolute Gasteiger partial charge is 0.461 e. The smallest absolute Gasteiger partial charge is 0.259 e. The van der Waals surface area contributed by atoms with Crippen molar-refractivity contribution in [1.29, 1.82) is 0 Å². The highest BCUT2D eigenvalue weighted by molar-refractivity contribution is 5.78. The Bertz CT molecular complexity index is 1260. The average molecular weight is 372 g/mol. The summed E-state index contributed by atoms with van der Waals surface area (Å²) < 4.78 is 6.70. The zero-order valence-electron chi connectivity index (χ0n) is 14.8. The van der Waals surface area contributed by atoms with Crippen LogP contribution in [0.1, 0.15) is 5.56 Å². The van der Waals surface area contributed by atoms with Gasteiger partial charge in [0.25, 0.3) is 5.78 Å². The minimum Gasteiger partial charge on any atom is -0.461 e. The number of pyridine rings is 1. The van der Waals surface area contributed by atoms with Gasteiger partial charge >= 0.3 is 0 Å². The Hall–Kier alpha value is -4.01. The third kappa shape index (κ3) is 2.98. The Morgan fingerprint density at radius 3 is 2.93 bits per heavy atom. The lowest BCUT2D eigenvalue weighted by Gasteiger charge is -2.06. The molecule has 5 rings (SSSR count). The molecule has 0 saturated carbocycles. The van der Waals surface area contributed by atoms with Crippen molar-refractivity contribution in [3.8, 4) is 11.6 Å². The number of anilines is 2. The zero-order valence-corrected chi connectivity index (χ0v) is 14.8. The first-order valence-electron chi connectivity index (χ1n) is 8.78. The maximum Gasteiger partial charge on any atom is 0.259 e. The molecule has 0 spiro atoms. The van der Waals surface area contributed by atoms with Gasteiger partial charge in [0.1, 0.15) is 0 Å². The number of nitrogens with one attached hydrogen (secondary N) is 1. The molecule has 0 aliphatic carbocycles. The van der Waals surface area contributed by atoms with E-state index in [0.29, 0.717) is 29.9 Å². The second-order valence-electron chi connectivity index (χ2n) is 6.24. The van der Waals surface area contributed by atoms with Crippen LogP contribution >= 0.6 is 0 Å². The molecule has 0 radical (unpaired) electrons. The van der Waals surface area contributed by atoms with Crippen molar-refractivity contribution >= 4 is 28.6 Å². The van der Waals surface area contributed by atoms with E-state index in [4.69, 9.17) is 10.2 Å². The first-order valence-corrected chi connectivity index (χ1v) is 8.78. The second kappa shape index (κ2) is 6.62. The van der Waals surface area contributed by atoms with Gasteiger partial charge in [0.05, 0.1) is 11.8 Å². The van der Waals surface area contributed by atoms with E-state index in [1.165, 1.54) is 10.1 Å². The summed E-state index contributed by atoms with van der Waals surface area (Å²) in [6.07, 6.45) is 4.17. The van der Waals surface area contributed by atoms with Crippen molar-refractivity contribution in [2.75, 3.05) is 17.6 Å². The number of hydrogen-bond acceptors (Lipinski definition) is 8. The van der Waals surface area contributed by atoms with Gasteiger partial charge in [-0.15, -0.1) is 5.10 Å². The van der Waals surface area contributed by atoms with Gasteiger partial charge in [-0.25, -0.2) is 0 Å². The van der Waals surface area contributed by atoms with Gasteiger partial charge in [0.15, 0.2) is 5.76 Å². The van der Waals surface area contributed by atoms with Gasteiger partial charge < -0.3 is 15.5 Å². The number of rotatable bonds is 5. The van der Waals surface area contributed by atoms with Crippen molar-refractivity contribution in [2.24, 2.45) is 0 Å². The number of aromatic nitrogens is 6. The van der Waals surface area contributed by atoms with E-state index in [-0.39, 0.29) is 5.95 Å². The van der Waals surface area contributed by atoms with E-state index >= 15 is 0 Å². The predicted octanol–water partition coefficient (Wildman–Crippen LogP) is 2.56. The number of benzene rings is 1. The van der Waals surface area contributed by atoms with Crippen LogP contribution in [0.5, 0.6) is 0 Å². The Kier molecular flexibility index (Phi) is 3.82. The zero-order chi connectivity index (χ0) is 18.9. The second-order valence-corrected chi connectivity index (χ2v) is 6.24. The van der Waals surface area contributed by atoms with Crippen molar-refractivity contribution in [1.82, 2.24) is 29.5 Å². The molecule has 0 saturated heterocycles. The highest BCUT2D eigenvalue weighted by Crippen LogP contribution is 2.18. The van der Waals surface area contributed by atoms with Crippen LogP contribution in [0.2, 0.25) is 0 Å². The molecule has 0 aliphatic heterocycles. The Balaban J connectivity index is 1.33. The van der Waals surface area contributed by atoms with Crippen LogP contribution < -0.4 is 11.1 Å². The molecule has 9 nitrogen and oxygen atoms in total. The molecular weight excluding hydrogens is 356 g/mol. The maximum atomic E-state index is 6.00. The van der Waals surface area contributed by atoms with Crippen LogP contribution in [-0.4, -0.2) is 36.1 Å². The lowest BCUT2D eigenvalue weighted by atomic mass is 10.1. The van der Waals surface area contributed by atoms with Crippen molar-refractivity contribution in [2.45, 2.75) is 6.42 Å². The fourth-order valence-electron chi connectivity index (χ4n) is 2.99. The topological polar surface area (TPSA) is 120 Å². The number of nitrogen functional groups attached to an aromatic ring is 1. The highest BCUT2D eigenvalue weighted by Gasteiger charge is 2.13. The van der Waals surface area contributed by atoms with Crippen molar-refractivity contribution in [3.63, 3.8) is 0 Å². The molecule has 0 atom stereocenters. The van der Waals surface area contributed by atoms with Crippen LogP contribution in [0.3, 0.4) is 0 Å². The van der Waals surface area contributed by atoms with E-state index < -0.39 is 0 Å². The van der Waals surface area contributed by atoms with Crippen LogP contribution in [0.15, 0.2) is 59.3 Å². The fourth-order valence-corrected chi connectivity index (χ4v) is 2.99. The third-order valence-electron chi connectivity index (χ3n) is 4.34. The molecule has 0 fully saturated rings. The Morgan fingerprint density at radius 1 is 1.07 bits per heavy atom. The molecule has 0 amide bonds. The number of furan rings is 1. The number of fused-ring (bicyclic) bond motifs is 2. The third-order valence-corrected chi connectivity index (χ3v) is 4.34. The Morgan fingerprint density at radius 2 is 2.04 bits per heavy atom. The van der Waals surface area contributed by atoms with Gasteiger partial charge in [0, 0.05) is 18.1 Å². The van der Waals surface area contributed by atoms with Crippen LogP contribution in [0.25, 0.3) is 28.3 Å². The normalized spacial score (nSPS) is 11.3. The minimum absolute atomic E-state index is 0.203. The lowest BCUT2D eigenvalue weighted by Crippen LogP contribution is -2.12. The van der Waals surface area contributed by atoms with E-state index in [1.54, 1.807) is 24.6 Å². The first kappa shape index (κ1) is 16.2. The average Bonchev–Trinajstić information content (AvgIpc) is 3.38. The molecule has 0 aliphatic rings. The molecule has 4 aromatic heterocycles. The van der Waals surface area contributed by atoms with Crippen LogP contribution in [0, 0.1) is 0 Å². The summed E-state index contributed by atoms with van der Waals surface area (Å²) in [5.41, 5.74) is 8.19. The summed E-state index contributed by atoms with van der Waals surface area (Å²) in [7, 11) is 0. The van der Waals surface area contributed by atoms with E-state index in [9.17, 15) is 0 Å². The SMILES string of the molecule is Nc1nc(NCCc2ccc3ncccc3c2)nc2nc(-c3ccco3)nn12. The molecule has 1 aromatic carbocycles.